The number of thiocarbonyl (C=S) groups is 1. The number of benzene rings is 2. The highest BCUT2D eigenvalue weighted by molar-refractivity contribution is 7.80. The van der Waals surface area contributed by atoms with Crippen molar-refractivity contribution in [3.63, 3.8) is 0 Å². The van der Waals surface area contributed by atoms with Gasteiger partial charge in [0.25, 0.3) is 0 Å². The molecule has 0 bridgehead atoms. The third kappa shape index (κ3) is 6.75. The lowest BCUT2D eigenvalue weighted by atomic mass is 10.2. The number of carbonyl (C=O) groups is 1. The molecule has 6 nitrogen and oxygen atoms in total. The van der Waals surface area contributed by atoms with Gasteiger partial charge in [-0.15, -0.1) is 0 Å². The highest BCUT2D eigenvalue weighted by atomic mass is 32.1. The molecule has 0 atom stereocenters. The van der Waals surface area contributed by atoms with Gasteiger partial charge in [-0.1, -0.05) is 12.1 Å². The van der Waals surface area contributed by atoms with E-state index >= 15 is 0 Å². The summed E-state index contributed by atoms with van der Waals surface area (Å²) in [4.78, 5) is 11.8. The van der Waals surface area contributed by atoms with Crippen LogP contribution in [0, 0.1) is 6.92 Å². The van der Waals surface area contributed by atoms with Crippen LogP contribution in [0.3, 0.4) is 0 Å². The molecule has 0 fully saturated rings. The third-order valence-corrected chi connectivity index (χ3v) is 3.87. The van der Waals surface area contributed by atoms with Gasteiger partial charge in [-0.2, -0.15) is 5.10 Å². The van der Waals surface area contributed by atoms with Crippen molar-refractivity contribution in [2.45, 2.75) is 6.92 Å². The van der Waals surface area contributed by atoms with Gasteiger partial charge in [0.1, 0.15) is 11.5 Å². The number of anilines is 1. The summed E-state index contributed by atoms with van der Waals surface area (Å²) in [5.74, 6) is 0.522. The number of esters is 1. The number of furan rings is 1. The van der Waals surface area contributed by atoms with Gasteiger partial charge in [-0.25, -0.2) is 4.79 Å². The molecule has 0 aliphatic heterocycles. The molecule has 1 heterocycles. The van der Waals surface area contributed by atoms with E-state index in [1.54, 1.807) is 48.7 Å². The van der Waals surface area contributed by atoms with Crippen molar-refractivity contribution < 1.29 is 13.9 Å². The average molecular weight is 405 g/mol. The highest BCUT2D eigenvalue weighted by Gasteiger charge is 2.01. The number of nitrogens with zero attached hydrogens (tertiary/aromatic N) is 1. The van der Waals surface area contributed by atoms with E-state index in [-0.39, 0.29) is 0 Å². The minimum Gasteiger partial charge on any atom is -0.465 e. The second kappa shape index (κ2) is 10.0. The molecule has 3 rings (SSSR count). The molecular formula is C22H19N3O3S. The Morgan fingerprint density at radius 2 is 1.97 bits per heavy atom. The third-order valence-electron chi connectivity index (χ3n) is 3.68. The molecule has 3 aromatic rings. The van der Waals surface area contributed by atoms with Gasteiger partial charge in [-0.05, 0) is 84.9 Å². The zero-order valence-electron chi connectivity index (χ0n) is 15.7. The van der Waals surface area contributed by atoms with Gasteiger partial charge in [-0.3, -0.25) is 5.43 Å². The minimum absolute atomic E-state index is 0.390. The van der Waals surface area contributed by atoms with Crippen LogP contribution in [0.4, 0.5) is 5.69 Å². The quantitative estimate of drug-likeness (QED) is 0.157. The molecule has 0 unspecified atom stereocenters. The minimum atomic E-state index is -0.489. The fraction of sp³-hybridized carbons (Fsp3) is 0.0455. The van der Waals surface area contributed by atoms with Crippen LogP contribution in [-0.4, -0.2) is 17.3 Å². The van der Waals surface area contributed by atoms with Crippen LogP contribution in [0.5, 0.6) is 5.75 Å². The van der Waals surface area contributed by atoms with E-state index < -0.39 is 5.97 Å². The van der Waals surface area contributed by atoms with E-state index in [0.29, 0.717) is 16.6 Å². The van der Waals surface area contributed by atoms with Gasteiger partial charge in [0.2, 0.25) is 0 Å². The van der Waals surface area contributed by atoms with Crippen molar-refractivity contribution >= 4 is 41.3 Å². The van der Waals surface area contributed by atoms with Crippen molar-refractivity contribution in [1.82, 2.24) is 5.43 Å². The van der Waals surface area contributed by atoms with Crippen LogP contribution in [0.25, 0.3) is 6.08 Å². The number of hydrazone groups is 1. The molecule has 0 amide bonds. The van der Waals surface area contributed by atoms with Crippen molar-refractivity contribution in [3.05, 3.63) is 89.9 Å². The maximum absolute atomic E-state index is 11.8. The normalized spacial score (nSPS) is 10.9. The summed E-state index contributed by atoms with van der Waals surface area (Å²) in [6, 6.07) is 18.3. The van der Waals surface area contributed by atoms with Crippen LogP contribution in [0.1, 0.15) is 16.9 Å². The first-order valence-electron chi connectivity index (χ1n) is 8.79. The Hall–Kier alpha value is -3.71. The van der Waals surface area contributed by atoms with Crippen LogP contribution >= 0.6 is 12.2 Å². The lowest BCUT2D eigenvalue weighted by Crippen LogP contribution is -2.23. The first-order chi connectivity index (χ1) is 14.1. The maximum Gasteiger partial charge on any atom is 0.336 e. The summed E-state index contributed by atoms with van der Waals surface area (Å²) in [5, 5.41) is 7.55. The van der Waals surface area contributed by atoms with Crippen molar-refractivity contribution in [3.8, 4) is 5.75 Å². The lowest BCUT2D eigenvalue weighted by Gasteiger charge is -2.07. The van der Waals surface area contributed by atoms with Crippen LogP contribution in [0.15, 0.2) is 82.5 Å². The number of nitrogens with one attached hydrogen (secondary N) is 2. The second-order valence-corrected chi connectivity index (χ2v) is 6.44. The SMILES string of the molecule is Cc1cccc(NC(=S)N/N=C/c2ccc(OC(=O)/C=C/c3ccco3)cc2)c1. The van der Waals surface area contributed by atoms with E-state index in [4.69, 9.17) is 21.4 Å². The first-order valence-corrected chi connectivity index (χ1v) is 9.19. The number of ether oxygens (including phenoxy) is 1. The number of hydrogen-bond donors (Lipinski definition) is 2. The Bertz CT molecular complexity index is 1030. The first kappa shape index (κ1) is 20.0. The van der Waals surface area contributed by atoms with Gasteiger partial charge < -0.3 is 14.5 Å². The Labute approximate surface area is 173 Å². The molecular weight excluding hydrogens is 386 g/mol. The Kier molecular flexibility index (Phi) is 6.91. The van der Waals surface area contributed by atoms with Gasteiger partial charge in [0.05, 0.1) is 12.5 Å². The van der Waals surface area contributed by atoms with E-state index in [2.05, 4.69) is 15.8 Å². The summed E-state index contributed by atoms with van der Waals surface area (Å²) >= 11 is 5.21. The molecule has 0 aliphatic rings. The van der Waals surface area contributed by atoms with Gasteiger partial charge in [0.15, 0.2) is 5.11 Å². The topological polar surface area (TPSA) is 75.9 Å². The zero-order chi connectivity index (χ0) is 20.5. The largest absolute Gasteiger partial charge is 0.465 e. The average Bonchev–Trinajstić information content (AvgIpc) is 3.21. The molecule has 7 heteroatoms. The zero-order valence-corrected chi connectivity index (χ0v) is 16.5. The van der Waals surface area contributed by atoms with E-state index in [1.165, 1.54) is 12.3 Å². The monoisotopic (exact) mass is 405 g/mol. The molecule has 0 radical (unpaired) electrons. The molecule has 0 aliphatic carbocycles. The van der Waals surface area contributed by atoms with Crippen LogP contribution in [-0.2, 0) is 4.79 Å². The molecule has 146 valence electrons. The standard InChI is InChI=1S/C22H19N3O3S/c1-16-4-2-5-18(14-16)24-22(29)25-23-15-17-7-9-20(10-8-17)28-21(26)12-11-19-6-3-13-27-19/h2-15H,1H3,(H2,24,25,29)/b12-11+,23-15+. The van der Waals surface area contributed by atoms with Crippen molar-refractivity contribution in [1.29, 1.82) is 0 Å². The maximum atomic E-state index is 11.8. The number of rotatable bonds is 6. The van der Waals surface area contributed by atoms with Crippen LogP contribution in [0.2, 0.25) is 0 Å². The summed E-state index contributed by atoms with van der Waals surface area (Å²) in [5.41, 5.74) is 5.61. The highest BCUT2D eigenvalue weighted by Crippen LogP contribution is 2.12. The molecule has 0 spiro atoms. The number of hydrogen-bond acceptors (Lipinski definition) is 5. The summed E-state index contributed by atoms with van der Waals surface area (Å²) in [6.45, 7) is 2.01. The summed E-state index contributed by atoms with van der Waals surface area (Å²) in [7, 11) is 0. The fourth-order valence-corrected chi connectivity index (χ4v) is 2.53. The molecule has 0 saturated heterocycles. The molecule has 1 aromatic heterocycles. The fourth-order valence-electron chi connectivity index (χ4n) is 2.36. The molecule has 0 saturated carbocycles. The van der Waals surface area contributed by atoms with Gasteiger partial charge >= 0.3 is 5.97 Å². The van der Waals surface area contributed by atoms with Crippen LogP contribution < -0.4 is 15.5 Å². The number of carbonyl (C=O) groups excluding carboxylic acids is 1. The predicted octanol–water partition coefficient (Wildman–Crippen LogP) is 4.53. The predicted molar refractivity (Wildman–Crippen MR) is 118 cm³/mol. The Morgan fingerprint density at radius 1 is 1.14 bits per heavy atom. The van der Waals surface area contributed by atoms with Gasteiger partial charge in [0, 0.05) is 11.8 Å². The molecule has 2 N–H and O–H groups in total. The molecule has 29 heavy (non-hydrogen) atoms. The summed E-state index contributed by atoms with van der Waals surface area (Å²) in [6.07, 6.45) is 6.00. The van der Waals surface area contributed by atoms with Crippen molar-refractivity contribution in [2.24, 2.45) is 5.10 Å². The number of aryl methyl sites for hydroxylation is 1. The smallest absolute Gasteiger partial charge is 0.336 e. The van der Waals surface area contributed by atoms with E-state index in [0.717, 1.165) is 16.8 Å². The Morgan fingerprint density at radius 3 is 2.69 bits per heavy atom. The van der Waals surface area contributed by atoms with E-state index in [1.807, 2.05) is 31.2 Å². The molecule has 2 aromatic carbocycles. The van der Waals surface area contributed by atoms with Crippen molar-refractivity contribution in [2.75, 3.05) is 5.32 Å². The lowest BCUT2D eigenvalue weighted by molar-refractivity contribution is -0.128. The van der Waals surface area contributed by atoms with E-state index in [9.17, 15) is 4.79 Å². The Balaban J connectivity index is 1.47. The summed E-state index contributed by atoms with van der Waals surface area (Å²) < 4.78 is 10.3. The second-order valence-electron chi connectivity index (χ2n) is 6.03.